The minimum Gasteiger partial charge on any atom is -0.328 e. The Hall–Kier alpha value is -3.77. The van der Waals surface area contributed by atoms with Gasteiger partial charge in [0, 0.05) is 16.6 Å². The summed E-state index contributed by atoms with van der Waals surface area (Å²) < 4.78 is 2.62. The van der Waals surface area contributed by atoms with Crippen molar-refractivity contribution in [3.8, 4) is 5.69 Å². The molecule has 0 aliphatic heterocycles. The van der Waals surface area contributed by atoms with E-state index in [9.17, 15) is 9.59 Å². The summed E-state index contributed by atoms with van der Waals surface area (Å²) in [6.45, 7) is 4.83. The number of nitrogens with zero attached hydrogens (tertiary/aromatic N) is 3. The number of unbranched alkanes of at least 4 members (excludes halogenated alkanes) is 3. The fraction of sp³-hybridized carbons (Fsp3) is 0.265. The molecular formula is C34H34BrN3O2. The zero-order valence-corrected chi connectivity index (χ0v) is 24.6. The predicted molar refractivity (Wildman–Crippen MR) is 167 cm³/mol. The lowest BCUT2D eigenvalue weighted by Crippen LogP contribution is -2.39. The van der Waals surface area contributed by atoms with Crippen LogP contribution in [0.15, 0.2) is 100 Å². The highest BCUT2D eigenvalue weighted by molar-refractivity contribution is 9.10. The van der Waals surface area contributed by atoms with Gasteiger partial charge in [0.2, 0.25) is 0 Å². The third-order valence-corrected chi connectivity index (χ3v) is 7.99. The first-order valence-electron chi connectivity index (χ1n) is 14.1. The number of rotatable bonds is 10. The summed E-state index contributed by atoms with van der Waals surface area (Å²) in [5.74, 6) is 0.539. The number of para-hydroxylation sites is 1. The molecular weight excluding hydrogens is 562 g/mol. The molecule has 5 nitrogen and oxygen atoms in total. The lowest BCUT2D eigenvalue weighted by atomic mass is 10.0. The van der Waals surface area contributed by atoms with Crippen molar-refractivity contribution in [3.63, 3.8) is 0 Å². The van der Waals surface area contributed by atoms with E-state index in [0.717, 1.165) is 46.6 Å². The Bertz CT molecular complexity index is 1690. The number of hydrogen-bond acceptors (Lipinski definition) is 3. The summed E-state index contributed by atoms with van der Waals surface area (Å²) in [6.07, 6.45) is 4.78. The zero-order valence-electron chi connectivity index (χ0n) is 23.0. The van der Waals surface area contributed by atoms with Gasteiger partial charge >= 0.3 is 0 Å². The quantitative estimate of drug-likeness (QED) is 0.152. The lowest BCUT2D eigenvalue weighted by Gasteiger charge is -2.32. The van der Waals surface area contributed by atoms with Crippen molar-refractivity contribution in [2.24, 2.45) is 0 Å². The van der Waals surface area contributed by atoms with E-state index in [4.69, 9.17) is 4.98 Å². The van der Waals surface area contributed by atoms with Gasteiger partial charge in [-0.05, 0) is 72.1 Å². The summed E-state index contributed by atoms with van der Waals surface area (Å²) >= 11 is 3.51. The molecule has 1 aromatic heterocycles. The van der Waals surface area contributed by atoms with Crippen LogP contribution in [0, 0.1) is 0 Å². The van der Waals surface area contributed by atoms with Crippen molar-refractivity contribution in [3.05, 3.63) is 117 Å². The SMILES string of the molecule is CCCCCCN(C(=O)c1ccc2ccccc2c1)C(CC)c1nc2ccccc2c(=O)n1-c1ccc(Br)cc1. The molecule has 5 rings (SSSR count). The fourth-order valence-corrected chi connectivity index (χ4v) is 5.62. The second-order valence-electron chi connectivity index (χ2n) is 10.1. The number of fused-ring (bicyclic) bond motifs is 2. The van der Waals surface area contributed by atoms with Gasteiger partial charge in [-0.2, -0.15) is 0 Å². The second kappa shape index (κ2) is 12.6. The maximum absolute atomic E-state index is 14.3. The van der Waals surface area contributed by atoms with Crippen molar-refractivity contribution >= 4 is 43.5 Å². The highest BCUT2D eigenvalue weighted by Crippen LogP contribution is 2.29. The Morgan fingerprint density at radius 3 is 2.35 bits per heavy atom. The Morgan fingerprint density at radius 1 is 0.875 bits per heavy atom. The molecule has 40 heavy (non-hydrogen) atoms. The van der Waals surface area contributed by atoms with E-state index >= 15 is 0 Å². The van der Waals surface area contributed by atoms with Crippen LogP contribution in [0.4, 0.5) is 0 Å². The molecule has 4 aromatic carbocycles. The van der Waals surface area contributed by atoms with E-state index in [1.807, 2.05) is 89.8 Å². The molecule has 1 amide bonds. The Kier molecular flexibility index (Phi) is 8.75. The van der Waals surface area contributed by atoms with E-state index in [1.165, 1.54) is 0 Å². The predicted octanol–water partition coefficient (Wildman–Crippen LogP) is 8.48. The molecule has 0 fully saturated rings. The molecule has 0 bridgehead atoms. The molecule has 0 radical (unpaired) electrons. The molecule has 0 aliphatic rings. The molecule has 0 spiro atoms. The number of halogens is 1. The number of hydrogen-bond donors (Lipinski definition) is 0. The van der Waals surface area contributed by atoms with Gasteiger partial charge in [0.05, 0.1) is 22.6 Å². The fourth-order valence-electron chi connectivity index (χ4n) is 5.35. The van der Waals surface area contributed by atoms with E-state index in [2.05, 4.69) is 35.8 Å². The van der Waals surface area contributed by atoms with Crippen LogP contribution >= 0.6 is 15.9 Å². The standard InChI is InChI=1S/C34H34BrN3O2/c1-3-5-6-11-22-37(33(39)26-17-16-24-12-7-8-13-25(24)23-26)31(4-2)32-36-30-15-10-9-14-29(30)34(40)38(32)28-20-18-27(35)19-21-28/h7-10,12-21,23,31H,3-6,11,22H2,1-2H3. The monoisotopic (exact) mass is 595 g/mol. The van der Waals surface area contributed by atoms with Gasteiger partial charge in [-0.15, -0.1) is 0 Å². The van der Waals surface area contributed by atoms with E-state index in [-0.39, 0.29) is 17.5 Å². The first-order valence-corrected chi connectivity index (χ1v) is 14.9. The van der Waals surface area contributed by atoms with Crippen molar-refractivity contribution < 1.29 is 4.79 Å². The largest absolute Gasteiger partial charge is 0.328 e. The lowest BCUT2D eigenvalue weighted by molar-refractivity contribution is 0.0655. The molecule has 1 atom stereocenters. The summed E-state index contributed by atoms with van der Waals surface area (Å²) in [7, 11) is 0. The summed E-state index contributed by atoms with van der Waals surface area (Å²) in [6, 6.07) is 28.7. The first-order chi connectivity index (χ1) is 19.5. The van der Waals surface area contributed by atoms with Crippen LogP contribution in [0.5, 0.6) is 0 Å². The Morgan fingerprint density at radius 2 is 1.60 bits per heavy atom. The molecule has 0 saturated carbocycles. The topological polar surface area (TPSA) is 55.2 Å². The molecule has 0 aliphatic carbocycles. The van der Waals surface area contributed by atoms with Crippen molar-refractivity contribution in [2.75, 3.05) is 6.54 Å². The molecule has 0 saturated heterocycles. The van der Waals surface area contributed by atoms with Gasteiger partial charge in [-0.3, -0.25) is 14.2 Å². The molecule has 5 aromatic rings. The second-order valence-corrected chi connectivity index (χ2v) is 11.1. The van der Waals surface area contributed by atoms with Gasteiger partial charge < -0.3 is 4.90 Å². The summed E-state index contributed by atoms with van der Waals surface area (Å²) in [4.78, 5) is 35.2. The smallest absolute Gasteiger partial charge is 0.266 e. The maximum atomic E-state index is 14.3. The highest BCUT2D eigenvalue weighted by atomic mass is 79.9. The van der Waals surface area contributed by atoms with Crippen molar-refractivity contribution in [2.45, 2.75) is 52.0 Å². The van der Waals surface area contributed by atoms with Gasteiger partial charge in [-0.25, -0.2) is 4.98 Å². The van der Waals surface area contributed by atoms with E-state index < -0.39 is 0 Å². The molecule has 1 heterocycles. The molecule has 204 valence electrons. The highest BCUT2D eigenvalue weighted by Gasteiger charge is 2.29. The zero-order chi connectivity index (χ0) is 28.1. The van der Waals surface area contributed by atoms with Gasteiger partial charge in [0.15, 0.2) is 0 Å². The number of amides is 1. The van der Waals surface area contributed by atoms with Crippen LogP contribution in [-0.2, 0) is 0 Å². The molecule has 0 N–H and O–H groups in total. The maximum Gasteiger partial charge on any atom is 0.266 e. The van der Waals surface area contributed by atoms with Crippen LogP contribution in [-0.4, -0.2) is 26.9 Å². The van der Waals surface area contributed by atoms with Crippen molar-refractivity contribution in [1.29, 1.82) is 0 Å². The van der Waals surface area contributed by atoms with Crippen LogP contribution in [0.2, 0.25) is 0 Å². The van der Waals surface area contributed by atoms with Gasteiger partial charge in [0.1, 0.15) is 5.82 Å². The van der Waals surface area contributed by atoms with Crippen LogP contribution in [0.1, 0.15) is 68.2 Å². The number of benzene rings is 4. The average molecular weight is 597 g/mol. The third kappa shape index (κ3) is 5.73. The van der Waals surface area contributed by atoms with Gasteiger partial charge in [0.25, 0.3) is 11.5 Å². The van der Waals surface area contributed by atoms with E-state index in [1.54, 1.807) is 4.57 Å². The van der Waals surface area contributed by atoms with E-state index in [0.29, 0.717) is 35.3 Å². The Labute approximate surface area is 243 Å². The number of aromatic nitrogens is 2. The summed E-state index contributed by atoms with van der Waals surface area (Å²) in [5, 5.41) is 2.68. The normalized spacial score (nSPS) is 12.1. The van der Waals surface area contributed by atoms with Crippen LogP contribution in [0.3, 0.4) is 0 Å². The number of carbonyl (C=O) groups excluding carboxylic acids is 1. The molecule has 6 heteroatoms. The van der Waals surface area contributed by atoms with Crippen LogP contribution < -0.4 is 5.56 Å². The molecule has 1 unspecified atom stereocenters. The van der Waals surface area contributed by atoms with Crippen LogP contribution in [0.25, 0.3) is 27.4 Å². The minimum absolute atomic E-state index is 0.0427. The average Bonchev–Trinajstić information content (AvgIpc) is 2.99. The van der Waals surface area contributed by atoms with Gasteiger partial charge in [-0.1, -0.05) is 91.5 Å². The Balaban J connectivity index is 1.66. The first kappa shape index (κ1) is 27.8. The summed E-state index contributed by atoms with van der Waals surface area (Å²) in [5.41, 5.74) is 1.87. The van der Waals surface area contributed by atoms with Crippen molar-refractivity contribution in [1.82, 2.24) is 14.5 Å². The number of carbonyl (C=O) groups is 1. The minimum atomic E-state index is -0.387. The third-order valence-electron chi connectivity index (χ3n) is 7.46.